The van der Waals surface area contributed by atoms with E-state index in [0.29, 0.717) is 11.1 Å². The Balaban J connectivity index is 0. The van der Waals surface area contributed by atoms with E-state index in [4.69, 9.17) is 22.0 Å². The van der Waals surface area contributed by atoms with Crippen molar-refractivity contribution in [2.75, 3.05) is 6.61 Å². The zero-order chi connectivity index (χ0) is 13.8. The fraction of sp³-hybridized carbons (Fsp3) is 0.333. The molecule has 0 aliphatic heterocycles. The van der Waals surface area contributed by atoms with E-state index in [1.165, 1.54) is 0 Å². The first-order valence-corrected chi connectivity index (χ1v) is 5.38. The molecule has 0 aliphatic carbocycles. The van der Waals surface area contributed by atoms with Crippen LogP contribution in [0, 0.1) is 5.41 Å². The van der Waals surface area contributed by atoms with Gasteiger partial charge in [0, 0.05) is 17.7 Å². The largest absolute Gasteiger partial charge is 0.397 e. The van der Waals surface area contributed by atoms with E-state index in [1.807, 2.05) is 13.8 Å². The van der Waals surface area contributed by atoms with Crippen LogP contribution in [0.5, 0.6) is 0 Å². The predicted octanol–water partition coefficient (Wildman–Crippen LogP) is 1.09. The molecular weight excluding hydrogens is 218 g/mol. The monoisotopic (exact) mass is 239 g/mol. The highest BCUT2D eigenvalue weighted by atomic mass is 16.2. The Morgan fingerprint density at radius 3 is 1.71 bits per heavy atom. The first-order chi connectivity index (χ1) is 8.02. The fourth-order valence-corrected chi connectivity index (χ4v) is 0.814. The van der Waals surface area contributed by atoms with Gasteiger partial charge in [-0.05, 0) is 19.1 Å². The summed E-state index contributed by atoms with van der Waals surface area (Å²) in [6, 6.07) is 6.25. The summed E-state index contributed by atoms with van der Waals surface area (Å²) in [5, 5.41) is 14.6. The number of primary amides is 1. The number of aliphatic hydroxyl groups is 1. The number of carbonyl (C=O) groups excluding carboxylic acids is 1. The topological polar surface area (TPSA) is 113 Å². The number of rotatable bonds is 2. The number of nitrogens with two attached hydrogens (primary N) is 2. The minimum absolute atomic E-state index is 0.0222. The lowest BCUT2D eigenvalue weighted by atomic mass is 10.1. The Hall–Kier alpha value is -1.88. The number of aliphatic hydroxyl groups excluding tert-OH is 1. The molecule has 0 atom stereocenters. The minimum Gasteiger partial charge on any atom is -0.397 e. The molecule has 5 heteroatoms. The molecule has 0 radical (unpaired) electrons. The zero-order valence-electron chi connectivity index (χ0n) is 10.5. The quantitative estimate of drug-likeness (QED) is 0.457. The highest BCUT2D eigenvalue weighted by molar-refractivity contribution is 5.97. The van der Waals surface area contributed by atoms with E-state index in [9.17, 15) is 4.79 Å². The Morgan fingerprint density at radius 1 is 1.18 bits per heavy atom. The number of hydrogen-bond donors (Lipinski definition) is 4. The molecule has 0 saturated heterocycles. The molecule has 0 bridgehead atoms. The smallest absolute Gasteiger partial charge is 0.248 e. The molecule has 17 heavy (non-hydrogen) atoms. The van der Waals surface area contributed by atoms with Gasteiger partial charge in [-0.3, -0.25) is 10.2 Å². The van der Waals surface area contributed by atoms with Crippen molar-refractivity contribution in [3.8, 4) is 0 Å². The van der Waals surface area contributed by atoms with Gasteiger partial charge in [-0.1, -0.05) is 26.0 Å². The van der Waals surface area contributed by atoms with Crippen molar-refractivity contribution in [1.82, 2.24) is 0 Å². The summed E-state index contributed by atoms with van der Waals surface area (Å²) >= 11 is 0. The molecule has 0 saturated carbocycles. The van der Waals surface area contributed by atoms with Crippen LogP contribution in [0.1, 0.15) is 36.7 Å². The van der Waals surface area contributed by atoms with Gasteiger partial charge in [0.1, 0.15) is 5.84 Å². The molecule has 1 aromatic rings. The molecule has 1 amide bonds. The Labute approximate surface area is 102 Å². The molecule has 1 rings (SSSR count). The van der Waals surface area contributed by atoms with E-state index in [0.717, 1.165) is 0 Å². The summed E-state index contributed by atoms with van der Waals surface area (Å²) in [7, 11) is 0. The second kappa shape index (κ2) is 10.6. The average molecular weight is 239 g/mol. The van der Waals surface area contributed by atoms with Gasteiger partial charge in [0.25, 0.3) is 0 Å². The van der Waals surface area contributed by atoms with Gasteiger partial charge in [-0.15, -0.1) is 0 Å². The van der Waals surface area contributed by atoms with E-state index in [-0.39, 0.29) is 12.4 Å². The van der Waals surface area contributed by atoms with Crippen molar-refractivity contribution in [3.05, 3.63) is 35.4 Å². The third-order valence-corrected chi connectivity index (χ3v) is 1.48. The van der Waals surface area contributed by atoms with Gasteiger partial charge in [0.15, 0.2) is 0 Å². The van der Waals surface area contributed by atoms with Crippen LogP contribution in [0.4, 0.5) is 0 Å². The van der Waals surface area contributed by atoms with Crippen LogP contribution in [0.2, 0.25) is 0 Å². The Bertz CT molecular complexity index is 301. The van der Waals surface area contributed by atoms with Crippen molar-refractivity contribution in [1.29, 1.82) is 5.41 Å². The van der Waals surface area contributed by atoms with E-state index < -0.39 is 5.91 Å². The average Bonchev–Trinajstić information content (AvgIpc) is 2.32. The van der Waals surface area contributed by atoms with Gasteiger partial charge < -0.3 is 16.6 Å². The lowest BCUT2D eigenvalue weighted by Crippen LogP contribution is -2.13. The summed E-state index contributed by atoms with van der Waals surface area (Å²) < 4.78 is 0. The lowest BCUT2D eigenvalue weighted by molar-refractivity contribution is 0.100. The van der Waals surface area contributed by atoms with E-state index >= 15 is 0 Å². The van der Waals surface area contributed by atoms with Gasteiger partial charge in [-0.2, -0.15) is 0 Å². The lowest BCUT2D eigenvalue weighted by Gasteiger charge is -1.98. The van der Waals surface area contributed by atoms with Crippen LogP contribution in [-0.2, 0) is 0 Å². The van der Waals surface area contributed by atoms with Crippen molar-refractivity contribution >= 4 is 11.7 Å². The summed E-state index contributed by atoms with van der Waals surface area (Å²) in [6.45, 7) is 5.93. The van der Waals surface area contributed by atoms with Crippen LogP contribution < -0.4 is 11.5 Å². The number of benzene rings is 1. The minimum atomic E-state index is -0.481. The number of carbonyl (C=O) groups is 1. The highest BCUT2D eigenvalue weighted by Crippen LogP contribution is 2.02. The third-order valence-electron chi connectivity index (χ3n) is 1.48. The second-order valence-electron chi connectivity index (χ2n) is 2.67. The molecule has 0 fully saturated rings. The fourth-order valence-electron chi connectivity index (χ4n) is 0.814. The van der Waals surface area contributed by atoms with Crippen LogP contribution >= 0.6 is 0 Å². The molecule has 0 heterocycles. The van der Waals surface area contributed by atoms with Gasteiger partial charge >= 0.3 is 0 Å². The zero-order valence-corrected chi connectivity index (χ0v) is 10.5. The number of nitrogens with one attached hydrogen (secondary N) is 1. The molecule has 96 valence electrons. The first kappa shape index (κ1) is 17.5. The molecule has 0 aromatic heterocycles. The Kier molecular flexibility index (Phi) is 11.0. The highest BCUT2D eigenvalue weighted by Gasteiger charge is 2.00. The van der Waals surface area contributed by atoms with Gasteiger partial charge in [-0.25, -0.2) is 0 Å². The maximum Gasteiger partial charge on any atom is 0.248 e. The molecule has 0 aliphatic rings. The second-order valence-corrected chi connectivity index (χ2v) is 2.67. The maximum atomic E-state index is 10.6. The number of nitrogen functional groups attached to an aromatic ring is 1. The molecular formula is C12H21N3O2. The normalized spacial score (nSPS) is 8.00. The predicted molar refractivity (Wildman–Crippen MR) is 70.1 cm³/mol. The van der Waals surface area contributed by atoms with Crippen molar-refractivity contribution in [3.63, 3.8) is 0 Å². The van der Waals surface area contributed by atoms with Crippen LogP contribution in [-0.4, -0.2) is 23.5 Å². The summed E-state index contributed by atoms with van der Waals surface area (Å²) in [4.78, 5) is 10.6. The van der Waals surface area contributed by atoms with Crippen LogP contribution in [0.15, 0.2) is 24.3 Å². The van der Waals surface area contributed by atoms with Gasteiger partial charge in [0.2, 0.25) is 5.91 Å². The molecule has 6 N–H and O–H groups in total. The molecule has 0 unspecified atom stereocenters. The summed E-state index contributed by atoms with van der Waals surface area (Å²) in [5.41, 5.74) is 11.2. The first-order valence-electron chi connectivity index (χ1n) is 5.38. The van der Waals surface area contributed by atoms with Crippen molar-refractivity contribution in [2.24, 2.45) is 11.5 Å². The molecule has 5 nitrogen and oxygen atoms in total. The summed E-state index contributed by atoms with van der Waals surface area (Å²) in [6.07, 6.45) is 0. The Morgan fingerprint density at radius 2 is 1.47 bits per heavy atom. The third kappa shape index (κ3) is 7.98. The van der Waals surface area contributed by atoms with E-state index in [1.54, 1.807) is 31.2 Å². The SMILES string of the molecule is CC.CCO.N=C(N)c1ccc(C(N)=O)cc1. The van der Waals surface area contributed by atoms with Gasteiger partial charge in [0.05, 0.1) is 0 Å². The maximum absolute atomic E-state index is 10.6. The van der Waals surface area contributed by atoms with Crippen LogP contribution in [0.3, 0.4) is 0 Å². The molecule has 1 aromatic carbocycles. The molecule has 0 spiro atoms. The number of amides is 1. The van der Waals surface area contributed by atoms with Crippen LogP contribution in [0.25, 0.3) is 0 Å². The van der Waals surface area contributed by atoms with Crippen molar-refractivity contribution in [2.45, 2.75) is 20.8 Å². The number of amidine groups is 1. The standard InChI is InChI=1S/C8H9N3O.C2H6O.C2H6/c9-7(10)5-1-3-6(4-2-5)8(11)12;1-2-3;1-2/h1-4H,(H3,9,10)(H2,11,12);3H,2H2,1H3;1-2H3. The van der Waals surface area contributed by atoms with Crippen molar-refractivity contribution < 1.29 is 9.90 Å². The number of hydrogen-bond acceptors (Lipinski definition) is 3. The summed E-state index contributed by atoms with van der Waals surface area (Å²) in [5.74, 6) is -0.504. The van der Waals surface area contributed by atoms with E-state index in [2.05, 4.69) is 0 Å².